The van der Waals surface area contributed by atoms with Gasteiger partial charge in [0, 0.05) is 21.4 Å². The van der Waals surface area contributed by atoms with E-state index in [1.165, 1.54) is 48.0 Å². The third kappa shape index (κ3) is 2.53. The average molecular weight is 329 g/mol. The van der Waals surface area contributed by atoms with Gasteiger partial charge >= 0.3 is 0 Å². The van der Waals surface area contributed by atoms with Crippen LogP contribution in [0.5, 0.6) is 0 Å². The van der Waals surface area contributed by atoms with Gasteiger partial charge in [0.05, 0.1) is 0 Å². The first-order chi connectivity index (χ1) is 8.81. The van der Waals surface area contributed by atoms with E-state index in [2.05, 4.69) is 32.3 Å². The molecule has 18 heavy (non-hydrogen) atoms. The van der Waals surface area contributed by atoms with Crippen molar-refractivity contribution in [3.8, 4) is 0 Å². The normalized spacial score (nSPS) is 30.3. The smallest absolute Gasteiger partial charge is 0.0495 e. The van der Waals surface area contributed by atoms with E-state index in [1.807, 2.05) is 11.3 Å². The number of hydrogen-bond donors (Lipinski definition) is 1. The van der Waals surface area contributed by atoms with Crippen LogP contribution in [0, 0.1) is 5.92 Å². The summed E-state index contributed by atoms with van der Waals surface area (Å²) in [6.07, 6.45) is 6.74. The Morgan fingerprint density at radius 2 is 2.17 bits per heavy atom. The van der Waals surface area contributed by atoms with Crippen LogP contribution in [0.3, 0.4) is 0 Å². The molecule has 2 atom stereocenters. The molecule has 1 aliphatic carbocycles. The Labute approximate surface area is 122 Å². The molecular formula is C14H21BrN2S. The minimum Gasteiger partial charge on any atom is -0.330 e. The van der Waals surface area contributed by atoms with Crippen molar-refractivity contribution in [1.29, 1.82) is 0 Å². The number of likely N-dealkylation sites (tertiary alicyclic amines) is 1. The Kier molecular flexibility index (Phi) is 4.09. The van der Waals surface area contributed by atoms with Crippen LogP contribution < -0.4 is 5.73 Å². The molecule has 0 spiro atoms. The van der Waals surface area contributed by atoms with Crippen LogP contribution in [-0.2, 0) is 0 Å². The molecule has 0 radical (unpaired) electrons. The van der Waals surface area contributed by atoms with E-state index in [9.17, 15) is 0 Å². The van der Waals surface area contributed by atoms with Crippen LogP contribution in [0.15, 0.2) is 15.9 Å². The number of nitrogens with zero attached hydrogens (tertiary/aromatic N) is 1. The lowest BCUT2D eigenvalue weighted by Crippen LogP contribution is -2.36. The summed E-state index contributed by atoms with van der Waals surface area (Å²) in [4.78, 5) is 4.25. The third-order valence-corrected chi connectivity index (χ3v) is 6.22. The molecule has 0 aromatic carbocycles. The van der Waals surface area contributed by atoms with E-state index >= 15 is 0 Å². The van der Waals surface area contributed by atoms with Crippen molar-refractivity contribution in [1.82, 2.24) is 4.90 Å². The lowest BCUT2D eigenvalue weighted by molar-refractivity contribution is 0.151. The van der Waals surface area contributed by atoms with Gasteiger partial charge in [-0.2, -0.15) is 0 Å². The Bertz CT molecular complexity index is 402. The minimum atomic E-state index is 0.555. The number of thiophene rings is 1. The summed E-state index contributed by atoms with van der Waals surface area (Å²) < 4.78 is 1.28. The fourth-order valence-electron chi connectivity index (χ4n) is 3.21. The van der Waals surface area contributed by atoms with Gasteiger partial charge in [-0.25, -0.2) is 0 Å². The van der Waals surface area contributed by atoms with Crippen molar-refractivity contribution in [2.45, 2.75) is 44.2 Å². The van der Waals surface area contributed by atoms with Crippen molar-refractivity contribution in [3.63, 3.8) is 0 Å². The van der Waals surface area contributed by atoms with Gasteiger partial charge in [-0.15, -0.1) is 11.3 Å². The fraction of sp³-hybridized carbons (Fsp3) is 0.714. The molecule has 1 saturated heterocycles. The number of nitrogens with two attached hydrogens (primary N) is 1. The molecule has 2 aliphatic rings. The first-order valence-corrected chi connectivity index (χ1v) is 8.67. The van der Waals surface area contributed by atoms with Gasteiger partial charge in [0.15, 0.2) is 0 Å². The molecule has 100 valence electrons. The Morgan fingerprint density at radius 1 is 1.33 bits per heavy atom. The Balaban J connectivity index is 1.93. The second kappa shape index (κ2) is 5.61. The highest BCUT2D eigenvalue weighted by Crippen LogP contribution is 2.45. The lowest BCUT2D eigenvalue weighted by Gasteiger charge is -2.34. The van der Waals surface area contributed by atoms with Crippen molar-refractivity contribution in [2.24, 2.45) is 11.7 Å². The standard InChI is InChI=1S/C14H21BrN2S/c15-12-6-8-18-14(12)13-10(9-16)3-1-2-7-17(13)11-4-5-11/h6,8,10-11,13H,1-5,7,9,16H2. The minimum absolute atomic E-state index is 0.555. The zero-order valence-electron chi connectivity index (χ0n) is 10.6. The van der Waals surface area contributed by atoms with Gasteiger partial charge in [-0.05, 0) is 72.1 Å². The van der Waals surface area contributed by atoms with Crippen molar-refractivity contribution in [3.05, 3.63) is 20.8 Å². The van der Waals surface area contributed by atoms with Gasteiger partial charge in [0.2, 0.25) is 0 Å². The quantitative estimate of drug-likeness (QED) is 0.914. The van der Waals surface area contributed by atoms with Crippen LogP contribution >= 0.6 is 27.3 Å². The Hall–Kier alpha value is 0.100. The van der Waals surface area contributed by atoms with Gasteiger partial charge in [0.25, 0.3) is 0 Å². The molecule has 1 aliphatic heterocycles. The molecule has 3 rings (SSSR count). The van der Waals surface area contributed by atoms with Gasteiger partial charge in [-0.1, -0.05) is 6.42 Å². The SMILES string of the molecule is NCC1CCCCN(C2CC2)C1c1sccc1Br. The molecule has 2 N–H and O–H groups in total. The van der Waals surface area contributed by atoms with E-state index in [-0.39, 0.29) is 0 Å². The van der Waals surface area contributed by atoms with E-state index < -0.39 is 0 Å². The lowest BCUT2D eigenvalue weighted by atomic mass is 9.93. The molecule has 2 fully saturated rings. The first-order valence-electron chi connectivity index (χ1n) is 7.00. The molecule has 1 saturated carbocycles. The van der Waals surface area contributed by atoms with Crippen LogP contribution in [0.2, 0.25) is 0 Å². The number of halogens is 1. The predicted octanol–water partition coefficient (Wildman–Crippen LogP) is 3.77. The molecule has 2 nitrogen and oxygen atoms in total. The molecule has 0 bridgehead atoms. The van der Waals surface area contributed by atoms with Gasteiger partial charge in [0.1, 0.15) is 0 Å². The summed E-state index contributed by atoms with van der Waals surface area (Å²) in [6, 6.07) is 3.57. The van der Waals surface area contributed by atoms with Gasteiger partial charge in [-0.3, -0.25) is 4.90 Å². The number of hydrogen-bond acceptors (Lipinski definition) is 3. The molecule has 2 heterocycles. The maximum Gasteiger partial charge on any atom is 0.0495 e. The number of rotatable bonds is 3. The third-order valence-electron chi connectivity index (χ3n) is 4.28. The summed E-state index contributed by atoms with van der Waals surface area (Å²) in [5.41, 5.74) is 6.06. The van der Waals surface area contributed by atoms with E-state index in [0.717, 1.165) is 12.6 Å². The van der Waals surface area contributed by atoms with Crippen LogP contribution in [0.25, 0.3) is 0 Å². The zero-order valence-corrected chi connectivity index (χ0v) is 13.0. The fourth-order valence-corrected chi connectivity index (χ4v) is 5.03. The van der Waals surface area contributed by atoms with Gasteiger partial charge < -0.3 is 5.73 Å². The van der Waals surface area contributed by atoms with E-state index in [1.54, 1.807) is 0 Å². The summed E-state index contributed by atoms with van der Waals surface area (Å²) in [5.74, 6) is 0.628. The van der Waals surface area contributed by atoms with E-state index in [4.69, 9.17) is 5.73 Å². The largest absolute Gasteiger partial charge is 0.330 e. The average Bonchev–Trinajstić information content (AvgIpc) is 3.15. The summed E-state index contributed by atoms with van der Waals surface area (Å²) in [7, 11) is 0. The predicted molar refractivity (Wildman–Crippen MR) is 80.9 cm³/mol. The molecule has 1 aromatic rings. The monoisotopic (exact) mass is 328 g/mol. The van der Waals surface area contributed by atoms with Crippen LogP contribution in [0.4, 0.5) is 0 Å². The Morgan fingerprint density at radius 3 is 2.78 bits per heavy atom. The second-order valence-corrected chi connectivity index (χ2v) is 7.34. The topological polar surface area (TPSA) is 29.3 Å². The summed E-state index contributed by atoms with van der Waals surface area (Å²) in [6.45, 7) is 2.08. The highest BCUT2D eigenvalue weighted by atomic mass is 79.9. The molecule has 1 aromatic heterocycles. The van der Waals surface area contributed by atoms with Crippen molar-refractivity contribution < 1.29 is 0 Å². The zero-order chi connectivity index (χ0) is 12.5. The first kappa shape index (κ1) is 13.1. The molecule has 0 amide bonds. The maximum atomic E-state index is 6.06. The molecule has 4 heteroatoms. The van der Waals surface area contributed by atoms with Crippen molar-refractivity contribution in [2.75, 3.05) is 13.1 Å². The second-order valence-electron chi connectivity index (χ2n) is 5.54. The van der Waals surface area contributed by atoms with Crippen LogP contribution in [0.1, 0.15) is 43.0 Å². The molecular weight excluding hydrogens is 308 g/mol. The highest BCUT2D eigenvalue weighted by Gasteiger charge is 2.39. The van der Waals surface area contributed by atoms with E-state index in [0.29, 0.717) is 12.0 Å². The highest BCUT2D eigenvalue weighted by molar-refractivity contribution is 9.10. The van der Waals surface area contributed by atoms with Crippen LogP contribution in [-0.4, -0.2) is 24.0 Å². The van der Waals surface area contributed by atoms with Crippen molar-refractivity contribution >= 4 is 27.3 Å². The molecule has 2 unspecified atom stereocenters. The summed E-state index contributed by atoms with van der Waals surface area (Å²) >= 11 is 5.61. The maximum absolute atomic E-state index is 6.06. The summed E-state index contributed by atoms with van der Waals surface area (Å²) in [5, 5.41) is 2.20.